The van der Waals surface area contributed by atoms with Crippen molar-refractivity contribution in [2.45, 2.75) is 53.1 Å². The average Bonchev–Trinajstić information content (AvgIpc) is 1.80. The molecule has 0 aliphatic carbocycles. The molecule has 0 aromatic heterocycles. The van der Waals surface area contributed by atoms with Crippen LogP contribution in [0.15, 0.2) is 0 Å². The van der Waals surface area contributed by atoms with Gasteiger partial charge in [0.2, 0.25) is 0 Å². The van der Waals surface area contributed by atoms with Crippen molar-refractivity contribution in [1.82, 2.24) is 0 Å². The summed E-state index contributed by atoms with van der Waals surface area (Å²) in [6.45, 7) is 17.7. The van der Waals surface area contributed by atoms with Gasteiger partial charge in [0.15, 0.2) is 8.32 Å². The van der Waals surface area contributed by atoms with E-state index in [1.54, 1.807) is 6.92 Å². The van der Waals surface area contributed by atoms with Gasteiger partial charge < -0.3 is 9.53 Å². The van der Waals surface area contributed by atoms with Crippen molar-refractivity contribution in [3.8, 4) is 0 Å². The molecule has 0 bridgehead atoms. The molecule has 0 fully saturated rings. The molecule has 0 amide bonds. The summed E-state index contributed by atoms with van der Waals surface area (Å²) in [7, 11) is -2.30. The lowest BCUT2D eigenvalue weighted by molar-refractivity contribution is 0.318. The molecule has 16 heavy (non-hydrogen) atoms. The van der Waals surface area contributed by atoms with Crippen LogP contribution in [0.3, 0.4) is 0 Å². The molecule has 0 saturated carbocycles. The normalized spacial score (nSPS) is 10.1. The fraction of sp³-hybridized carbons (Fsp3) is 1.00. The van der Waals surface area contributed by atoms with Crippen molar-refractivity contribution < 1.29 is 9.53 Å². The second kappa shape index (κ2) is 14.0. The number of hydrogen-bond acceptors (Lipinski definition) is 2. The van der Waals surface area contributed by atoms with Gasteiger partial charge in [-0.05, 0) is 33.5 Å². The summed E-state index contributed by atoms with van der Waals surface area (Å²) in [5.41, 5.74) is 0. The molecule has 104 valence electrons. The van der Waals surface area contributed by atoms with Crippen LogP contribution in [0.5, 0.6) is 0 Å². The van der Waals surface area contributed by atoms with E-state index in [0.717, 1.165) is 6.61 Å². The van der Waals surface area contributed by atoms with Crippen molar-refractivity contribution >= 4 is 39.2 Å². The number of aliphatic hydroxyl groups excluding tert-OH is 1. The summed E-state index contributed by atoms with van der Waals surface area (Å²) in [5.74, 6) is 0. The van der Waals surface area contributed by atoms with Gasteiger partial charge in [-0.15, -0.1) is 12.4 Å². The smallest absolute Gasteiger partial charge is 0.183 e. The maximum Gasteiger partial charge on any atom is 0.183 e. The molecule has 0 spiro atoms. The average molecular weight is 309 g/mol. The van der Waals surface area contributed by atoms with E-state index in [0.29, 0.717) is 0 Å². The molecule has 0 aromatic rings. The lowest BCUT2D eigenvalue weighted by Crippen LogP contribution is -2.24. The molecule has 0 saturated heterocycles. The lowest BCUT2D eigenvalue weighted by Gasteiger charge is -2.14. The van der Waals surface area contributed by atoms with Crippen molar-refractivity contribution in [2.75, 3.05) is 13.2 Å². The van der Waals surface area contributed by atoms with Gasteiger partial charge in [-0.2, -0.15) is 11.1 Å². The summed E-state index contributed by atoms with van der Waals surface area (Å²) in [5, 5.41) is 7.57. The van der Waals surface area contributed by atoms with Crippen LogP contribution < -0.4 is 0 Å². The van der Waals surface area contributed by atoms with E-state index >= 15 is 0 Å². The lowest BCUT2D eigenvalue weighted by atomic mass is 10.9. The van der Waals surface area contributed by atoms with Crippen LogP contribution in [0.1, 0.15) is 13.8 Å². The van der Waals surface area contributed by atoms with Crippen molar-refractivity contribution in [3.05, 3.63) is 0 Å². The second-order valence-electron chi connectivity index (χ2n) is 4.93. The van der Waals surface area contributed by atoms with E-state index in [1.165, 1.54) is 0 Å². The van der Waals surface area contributed by atoms with Crippen LogP contribution in [0, 0.1) is 0 Å². The Balaban J connectivity index is -0.0000000710. The van der Waals surface area contributed by atoms with Crippen LogP contribution in [0.25, 0.3) is 0 Å². The third-order valence-electron chi connectivity index (χ3n) is 0.577. The molecule has 0 aliphatic heterocycles. The number of halogens is 2. The molecule has 2 nitrogen and oxygen atoms in total. The molecular weight excluding hydrogens is 279 g/mol. The monoisotopic (exact) mass is 308 g/mol. The van der Waals surface area contributed by atoms with Crippen LogP contribution >= 0.6 is 23.5 Å². The van der Waals surface area contributed by atoms with Gasteiger partial charge in [-0.3, -0.25) is 0 Å². The summed E-state index contributed by atoms with van der Waals surface area (Å²) in [6, 6.07) is 0. The first-order valence-corrected chi connectivity index (χ1v) is 13.3. The highest BCUT2D eigenvalue weighted by molar-refractivity contribution is 7.18. The standard InChI is InChI=1S/C5H14OSi.C3H9ClSi.C2H6O.ClH/c1-5-6-7(2,3)4;1-5(2,3)4;1-2-3;/h5H2,1-4H3;1-3H3;3H,2H2,1H3;1H. The Morgan fingerprint density at radius 1 is 1.00 bits per heavy atom. The topological polar surface area (TPSA) is 29.5 Å². The van der Waals surface area contributed by atoms with Crippen LogP contribution in [0.4, 0.5) is 0 Å². The van der Waals surface area contributed by atoms with Gasteiger partial charge in [0.05, 0.1) is 0 Å². The SMILES string of the molecule is CCO.CCO[Si](C)(C)C.C[Si](C)(C)Cl.Cl. The Labute approximate surface area is 115 Å². The molecule has 0 radical (unpaired) electrons. The maximum atomic E-state index is 7.57. The van der Waals surface area contributed by atoms with Gasteiger partial charge in [-0.1, -0.05) is 19.6 Å². The predicted molar refractivity (Wildman–Crippen MR) is 84.2 cm³/mol. The molecule has 0 heterocycles. The highest BCUT2D eigenvalue weighted by Gasteiger charge is 2.11. The van der Waals surface area contributed by atoms with Gasteiger partial charge in [0.1, 0.15) is 7.38 Å². The highest BCUT2D eigenvalue weighted by atomic mass is 35.6. The van der Waals surface area contributed by atoms with Crippen LogP contribution in [0.2, 0.25) is 39.3 Å². The van der Waals surface area contributed by atoms with Crippen molar-refractivity contribution in [1.29, 1.82) is 0 Å². The minimum Gasteiger partial charge on any atom is -0.418 e. The fourth-order valence-corrected chi connectivity index (χ4v) is 1.30. The number of rotatable bonds is 2. The molecule has 0 rings (SSSR count). The van der Waals surface area contributed by atoms with Crippen molar-refractivity contribution in [2.24, 2.45) is 0 Å². The van der Waals surface area contributed by atoms with Crippen LogP contribution in [-0.4, -0.2) is 34.0 Å². The third-order valence-corrected chi connectivity index (χ3v) is 1.73. The first-order chi connectivity index (χ1) is 6.47. The van der Waals surface area contributed by atoms with E-state index in [-0.39, 0.29) is 19.0 Å². The van der Waals surface area contributed by atoms with E-state index in [1.807, 2.05) is 6.92 Å². The largest absolute Gasteiger partial charge is 0.418 e. The predicted octanol–water partition coefficient (Wildman–Crippen LogP) is 4.34. The van der Waals surface area contributed by atoms with Gasteiger partial charge in [-0.25, -0.2) is 0 Å². The summed E-state index contributed by atoms with van der Waals surface area (Å²) in [4.78, 5) is 0. The zero-order valence-electron chi connectivity index (χ0n) is 12.1. The number of aliphatic hydroxyl groups is 1. The van der Waals surface area contributed by atoms with E-state index in [2.05, 4.69) is 39.3 Å². The highest BCUT2D eigenvalue weighted by Crippen LogP contribution is 2.03. The molecule has 6 heteroatoms. The van der Waals surface area contributed by atoms with Crippen LogP contribution in [-0.2, 0) is 4.43 Å². The molecule has 0 atom stereocenters. The molecule has 1 N–H and O–H groups in total. The Bertz CT molecular complexity index is 117. The Kier molecular flexibility index (Phi) is 22.5. The zero-order chi connectivity index (χ0) is 13.1. The second-order valence-corrected chi connectivity index (χ2v) is 17.0. The Morgan fingerprint density at radius 3 is 1.19 bits per heavy atom. The van der Waals surface area contributed by atoms with Crippen molar-refractivity contribution in [3.63, 3.8) is 0 Å². The Morgan fingerprint density at radius 2 is 1.19 bits per heavy atom. The quantitative estimate of drug-likeness (QED) is 0.607. The zero-order valence-corrected chi connectivity index (χ0v) is 15.6. The van der Waals surface area contributed by atoms with Gasteiger partial charge in [0, 0.05) is 13.2 Å². The summed E-state index contributed by atoms with van der Waals surface area (Å²) < 4.78 is 5.37. The van der Waals surface area contributed by atoms with E-state index in [9.17, 15) is 0 Å². The van der Waals surface area contributed by atoms with E-state index < -0.39 is 15.7 Å². The molecular formula is C10H30Cl2O2Si2. The minimum atomic E-state index is -1.16. The third kappa shape index (κ3) is 119. The molecule has 0 aliphatic rings. The fourth-order valence-electron chi connectivity index (χ4n) is 0.433. The van der Waals surface area contributed by atoms with Gasteiger partial charge >= 0.3 is 0 Å². The van der Waals surface area contributed by atoms with E-state index in [4.69, 9.17) is 20.6 Å². The first kappa shape index (κ1) is 25.7. The minimum absolute atomic E-state index is 0. The summed E-state index contributed by atoms with van der Waals surface area (Å²) in [6.07, 6.45) is 0. The number of hydrogen-bond donors (Lipinski definition) is 1. The molecule has 0 unspecified atom stereocenters. The maximum absolute atomic E-state index is 7.57. The van der Waals surface area contributed by atoms with Gasteiger partial charge in [0.25, 0.3) is 0 Å². The molecule has 0 aromatic carbocycles. The first-order valence-electron chi connectivity index (χ1n) is 5.41. The Hall–Kier alpha value is 0.934. The summed E-state index contributed by atoms with van der Waals surface area (Å²) >= 11 is 5.67.